The molecular formula is C35H29O4P. The zero-order valence-electron chi connectivity index (χ0n) is 22.2. The van der Waals surface area contributed by atoms with Gasteiger partial charge in [-0.2, -0.15) is 0 Å². The molecule has 0 fully saturated rings. The molecule has 198 valence electrons. The third-order valence-corrected chi connectivity index (χ3v) is 10.9. The summed E-state index contributed by atoms with van der Waals surface area (Å²) in [5, 5.41) is 9.66. The van der Waals surface area contributed by atoms with E-state index in [-0.39, 0.29) is 5.75 Å². The van der Waals surface area contributed by atoms with Gasteiger partial charge in [0.1, 0.15) is 29.0 Å². The topological polar surface area (TPSA) is 55.8 Å². The highest BCUT2D eigenvalue weighted by Crippen LogP contribution is 2.69. The summed E-state index contributed by atoms with van der Waals surface area (Å²) in [4.78, 5) is 0. The second kappa shape index (κ2) is 10.2. The number of ether oxygens (including phenoxy) is 1. The van der Waals surface area contributed by atoms with E-state index < -0.39 is 12.5 Å². The number of phenolic OH excluding ortho intramolecular Hbond substituents is 1. The fourth-order valence-corrected chi connectivity index (χ4v) is 8.30. The minimum atomic E-state index is -3.63. The molecule has 0 saturated carbocycles. The van der Waals surface area contributed by atoms with Crippen molar-refractivity contribution in [3.63, 3.8) is 0 Å². The minimum absolute atomic E-state index is 0.143. The van der Waals surface area contributed by atoms with Gasteiger partial charge in [0.05, 0.1) is 5.30 Å². The van der Waals surface area contributed by atoms with Gasteiger partial charge in [0, 0.05) is 5.56 Å². The molecule has 4 nitrogen and oxygen atoms in total. The maximum absolute atomic E-state index is 15.5. The monoisotopic (exact) mass is 544 g/mol. The van der Waals surface area contributed by atoms with Crippen molar-refractivity contribution in [1.82, 2.24) is 0 Å². The van der Waals surface area contributed by atoms with Crippen molar-refractivity contribution in [3.05, 3.63) is 150 Å². The third kappa shape index (κ3) is 4.31. The van der Waals surface area contributed by atoms with E-state index in [4.69, 9.17) is 9.26 Å². The van der Waals surface area contributed by atoms with Crippen molar-refractivity contribution >= 4 is 18.7 Å². The van der Waals surface area contributed by atoms with Crippen molar-refractivity contribution in [1.29, 1.82) is 0 Å². The molecule has 40 heavy (non-hydrogen) atoms. The molecule has 0 bridgehead atoms. The first kappa shape index (κ1) is 25.7. The molecule has 1 N–H and O–H groups in total. The molecule has 0 radical (unpaired) electrons. The zero-order chi connectivity index (χ0) is 27.7. The largest absolute Gasteiger partial charge is 0.508 e. The number of benzene rings is 5. The summed E-state index contributed by atoms with van der Waals surface area (Å²) in [5.74, 6) is 1.44. The summed E-state index contributed by atoms with van der Waals surface area (Å²) in [6.07, 6.45) is 1.81. The fourth-order valence-electron chi connectivity index (χ4n) is 5.33. The van der Waals surface area contributed by atoms with Gasteiger partial charge in [-0.25, -0.2) is 0 Å². The van der Waals surface area contributed by atoms with Gasteiger partial charge in [0.2, 0.25) is 0 Å². The van der Waals surface area contributed by atoms with E-state index in [0.29, 0.717) is 23.4 Å². The number of hydrogen-bond donors (Lipinski definition) is 1. The SMILES string of the molecule is C=Cc1ccc(COc2ccc(C(C)(c3ccc(O)cc3)P3(=O)Oc4ccccc4-c4ccccc43)cc2)cc1. The van der Waals surface area contributed by atoms with Gasteiger partial charge in [-0.1, -0.05) is 97.6 Å². The van der Waals surface area contributed by atoms with Crippen LogP contribution in [0.1, 0.15) is 29.2 Å². The highest BCUT2D eigenvalue weighted by Gasteiger charge is 2.53. The van der Waals surface area contributed by atoms with Crippen LogP contribution in [-0.2, 0) is 16.3 Å². The van der Waals surface area contributed by atoms with Gasteiger partial charge in [0.15, 0.2) is 0 Å². The number of para-hydroxylation sites is 1. The maximum Gasteiger partial charge on any atom is 0.292 e. The lowest BCUT2D eigenvalue weighted by Crippen LogP contribution is -2.34. The molecular weight excluding hydrogens is 515 g/mol. The minimum Gasteiger partial charge on any atom is -0.508 e. The second-order valence-electron chi connectivity index (χ2n) is 10.0. The molecule has 0 spiro atoms. The van der Waals surface area contributed by atoms with Gasteiger partial charge >= 0.3 is 0 Å². The molecule has 5 aromatic carbocycles. The van der Waals surface area contributed by atoms with E-state index in [1.165, 1.54) is 0 Å². The normalized spacial score (nSPS) is 17.0. The Morgan fingerprint density at radius 2 is 1.40 bits per heavy atom. The van der Waals surface area contributed by atoms with Crippen LogP contribution < -0.4 is 14.6 Å². The van der Waals surface area contributed by atoms with Crippen LogP contribution in [0.3, 0.4) is 0 Å². The fraction of sp³-hybridized carbons (Fsp3) is 0.0857. The second-order valence-corrected chi connectivity index (χ2v) is 12.7. The highest BCUT2D eigenvalue weighted by atomic mass is 31.2. The number of rotatable bonds is 7. The van der Waals surface area contributed by atoms with Crippen molar-refractivity contribution < 1.29 is 18.9 Å². The van der Waals surface area contributed by atoms with Crippen LogP contribution >= 0.6 is 7.37 Å². The van der Waals surface area contributed by atoms with Crippen molar-refractivity contribution in [2.45, 2.75) is 18.7 Å². The van der Waals surface area contributed by atoms with Gasteiger partial charge in [-0.05, 0) is 71.1 Å². The third-order valence-electron chi connectivity index (χ3n) is 7.68. The Morgan fingerprint density at radius 3 is 2.08 bits per heavy atom. The number of hydrogen-bond acceptors (Lipinski definition) is 4. The van der Waals surface area contributed by atoms with E-state index in [0.717, 1.165) is 33.4 Å². The van der Waals surface area contributed by atoms with Crippen LogP contribution in [0.2, 0.25) is 0 Å². The molecule has 1 aliphatic heterocycles. The lowest BCUT2D eigenvalue weighted by atomic mass is 9.92. The Kier molecular flexibility index (Phi) is 6.57. The summed E-state index contributed by atoms with van der Waals surface area (Å²) in [5.41, 5.74) is 5.53. The average molecular weight is 545 g/mol. The quantitative estimate of drug-likeness (QED) is 0.209. The Bertz CT molecular complexity index is 1720. The van der Waals surface area contributed by atoms with Gasteiger partial charge in [-0.3, -0.25) is 4.57 Å². The summed E-state index contributed by atoms with van der Waals surface area (Å²) >= 11 is 0. The molecule has 0 aliphatic carbocycles. The van der Waals surface area contributed by atoms with E-state index in [1.54, 1.807) is 12.1 Å². The van der Waals surface area contributed by atoms with Crippen LogP contribution in [0.5, 0.6) is 17.2 Å². The number of aromatic hydroxyl groups is 1. The number of fused-ring (bicyclic) bond motifs is 3. The Morgan fingerprint density at radius 1 is 0.800 bits per heavy atom. The lowest BCUT2D eigenvalue weighted by Gasteiger charge is -2.41. The van der Waals surface area contributed by atoms with E-state index in [2.05, 4.69) is 6.58 Å². The standard InChI is InChI=1S/C35H29O4P/c1-3-25-12-14-26(15-13-25)24-38-30-22-18-28(19-23-30)35(2,27-16-20-29(36)21-17-27)40(37)34-11-7-5-9-32(34)31-8-4-6-10-33(31)39-40/h3-23,36H,1,24H2,2H3. The lowest BCUT2D eigenvalue weighted by molar-refractivity contribution is 0.306. The summed E-state index contributed by atoms with van der Waals surface area (Å²) < 4.78 is 28.1. The Labute approximate surface area is 234 Å². The molecule has 1 heterocycles. The van der Waals surface area contributed by atoms with Gasteiger partial charge < -0.3 is 14.4 Å². The molecule has 0 amide bonds. The van der Waals surface area contributed by atoms with Crippen LogP contribution in [0.15, 0.2) is 128 Å². The molecule has 2 unspecified atom stereocenters. The zero-order valence-corrected chi connectivity index (χ0v) is 23.1. The first-order valence-corrected chi connectivity index (χ1v) is 14.8. The molecule has 0 saturated heterocycles. The smallest absolute Gasteiger partial charge is 0.292 e. The van der Waals surface area contributed by atoms with E-state index in [1.807, 2.05) is 122 Å². The average Bonchev–Trinajstić information content (AvgIpc) is 3.00. The molecule has 0 aromatic heterocycles. The van der Waals surface area contributed by atoms with E-state index >= 15 is 4.57 Å². The van der Waals surface area contributed by atoms with Crippen molar-refractivity contribution in [3.8, 4) is 28.4 Å². The van der Waals surface area contributed by atoms with Crippen LogP contribution in [0, 0.1) is 0 Å². The van der Waals surface area contributed by atoms with Crippen molar-refractivity contribution in [2.75, 3.05) is 0 Å². The summed E-state index contributed by atoms with van der Waals surface area (Å²) in [7, 11) is -3.63. The van der Waals surface area contributed by atoms with Gasteiger partial charge in [0.25, 0.3) is 7.37 Å². The Hall–Kier alpha value is -4.53. The predicted molar refractivity (Wildman–Crippen MR) is 162 cm³/mol. The van der Waals surface area contributed by atoms with Crippen LogP contribution in [0.25, 0.3) is 17.2 Å². The summed E-state index contributed by atoms with van der Waals surface area (Å²) in [6.45, 7) is 6.19. The number of phenols is 1. The van der Waals surface area contributed by atoms with E-state index in [9.17, 15) is 5.11 Å². The van der Waals surface area contributed by atoms with Gasteiger partial charge in [-0.15, -0.1) is 0 Å². The molecule has 6 rings (SSSR count). The van der Waals surface area contributed by atoms with Crippen molar-refractivity contribution in [2.24, 2.45) is 0 Å². The predicted octanol–water partition coefficient (Wildman–Crippen LogP) is 8.54. The first-order valence-electron chi connectivity index (χ1n) is 13.2. The first-order chi connectivity index (χ1) is 19.4. The van der Waals surface area contributed by atoms with Crippen LogP contribution in [-0.4, -0.2) is 5.11 Å². The highest BCUT2D eigenvalue weighted by molar-refractivity contribution is 7.69. The molecule has 2 atom stereocenters. The Balaban J connectivity index is 1.42. The molecule has 5 heteroatoms. The molecule has 5 aromatic rings. The van der Waals surface area contributed by atoms with Crippen LogP contribution in [0.4, 0.5) is 0 Å². The summed E-state index contributed by atoms with van der Waals surface area (Å²) in [6, 6.07) is 38.1. The molecule has 1 aliphatic rings. The maximum atomic E-state index is 15.5.